The van der Waals surface area contributed by atoms with Gasteiger partial charge in [0.2, 0.25) is 0 Å². The number of hydrogen-bond acceptors (Lipinski definition) is 5. The molecule has 0 aliphatic carbocycles. The zero-order valence-electron chi connectivity index (χ0n) is 10.2. The van der Waals surface area contributed by atoms with Gasteiger partial charge in [0.15, 0.2) is 9.84 Å². The van der Waals surface area contributed by atoms with E-state index in [4.69, 9.17) is 9.47 Å². The lowest BCUT2D eigenvalue weighted by atomic mass is 10.4. The van der Waals surface area contributed by atoms with E-state index in [2.05, 4.69) is 5.32 Å². The van der Waals surface area contributed by atoms with E-state index in [1.54, 1.807) is 14.2 Å². The van der Waals surface area contributed by atoms with Crippen LogP contribution in [0.25, 0.3) is 0 Å². The van der Waals surface area contributed by atoms with Crippen LogP contribution in [0.4, 0.5) is 0 Å². The zero-order chi connectivity index (χ0) is 12.3. The molecule has 0 aromatic heterocycles. The minimum absolute atomic E-state index is 0.198. The van der Waals surface area contributed by atoms with Crippen molar-refractivity contribution >= 4 is 9.84 Å². The maximum Gasteiger partial charge on any atom is 0.151 e. The predicted octanol–water partition coefficient (Wildman–Crippen LogP) is 0.0638. The first kappa shape index (κ1) is 15.8. The van der Waals surface area contributed by atoms with E-state index in [1.807, 2.05) is 0 Å². The molecule has 0 amide bonds. The van der Waals surface area contributed by atoms with Gasteiger partial charge >= 0.3 is 0 Å². The topological polar surface area (TPSA) is 64.6 Å². The maximum atomic E-state index is 11.5. The first-order valence-corrected chi connectivity index (χ1v) is 7.33. The summed E-state index contributed by atoms with van der Waals surface area (Å²) in [7, 11) is 0.306. The van der Waals surface area contributed by atoms with E-state index in [0.717, 1.165) is 13.0 Å². The van der Waals surface area contributed by atoms with Gasteiger partial charge in [0.25, 0.3) is 0 Å². The Morgan fingerprint density at radius 2 is 1.56 bits per heavy atom. The highest BCUT2D eigenvalue weighted by Crippen LogP contribution is 1.93. The molecule has 0 rings (SSSR count). The number of methoxy groups -OCH3 is 2. The van der Waals surface area contributed by atoms with Gasteiger partial charge in [-0.25, -0.2) is 8.42 Å². The molecule has 16 heavy (non-hydrogen) atoms. The van der Waals surface area contributed by atoms with Crippen LogP contribution in [0.15, 0.2) is 0 Å². The van der Waals surface area contributed by atoms with Crippen molar-refractivity contribution in [1.29, 1.82) is 0 Å². The van der Waals surface area contributed by atoms with Gasteiger partial charge in [0.1, 0.15) is 0 Å². The molecule has 0 aromatic carbocycles. The zero-order valence-corrected chi connectivity index (χ0v) is 11.0. The quantitative estimate of drug-likeness (QED) is 0.528. The molecule has 0 heterocycles. The number of rotatable bonds is 11. The largest absolute Gasteiger partial charge is 0.385 e. The van der Waals surface area contributed by atoms with Crippen molar-refractivity contribution in [3.63, 3.8) is 0 Å². The van der Waals surface area contributed by atoms with Crippen LogP contribution in [-0.4, -0.2) is 60.4 Å². The van der Waals surface area contributed by atoms with Crippen molar-refractivity contribution in [3.8, 4) is 0 Å². The highest BCUT2D eigenvalue weighted by Gasteiger charge is 2.09. The third-order valence-corrected chi connectivity index (χ3v) is 3.83. The van der Waals surface area contributed by atoms with Crippen LogP contribution in [0.2, 0.25) is 0 Å². The molecule has 0 aliphatic rings. The lowest BCUT2D eigenvalue weighted by Gasteiger charge is -2.05. The van der Waals surface area contributed by atoms with Gasteiger partial charge in [0, 0.05) is 34.0 Å². The van der Waals surface area contributed by atoms with Crippen LogP contribution in [0.5, 0.6) is 0 Å². The van der Waals surface area contributed by atoms with E-state index < -0.39 is 9.84 Å². The average molecular weight is 253 g/mol. The second-order valence-electron chi connectivity index (χ2n) is 3.59. The summed E-state index contributed by atoms with van der Waals surface area (Å²) in [5.74, 6) is 0.407. The molecule has 0 radical (unpaired) electrons. The maximum absolute atomic E-state index is 11.5. The second-order valence-corrected chi connectivity index (χ2v) is 5.90. The predicted molar refractivity (Wildman–Crippen MR) is 64.5 cm³/mol. The third-order valence-electron chi connectivity index (χ3n) is 2.10. The van der Waals surface area contributed by atoms with Crippen LogP contribution >= 0.6 is 0 Å². The Kier molecular flexibility index (Phi) is 9.91. The lowest BCUT2D eigenvalue weighted by molar-refractivity contribution is 0.194. The van der Waals surface area contributed by atoms with Gasteiger partial charge in [-0.15, -0.1) is 0 Å². The van der Waals surface area contributed by atoms with Crippen LogP contribution in [-0.2, 0) is 19.3 Å². The fourth-order valence-electron chi connectivity index (χ4n) is 1.22. The monoisotopic (exact) mass is 253 g/mol. The van der Waals surface area contributed by atoms with Crippen LogP contribution < -0.4 is 5.32 Å². The van der Waals surface area contributed by atoms with E-state index >= 15 is 0 Å². The molecule has 0 aliphatic heterocycles. The number of ether oxygens (including phenoxy) is 2. The molecule has 0 spiro atoms. The first-order chi connectivity index (χ1) is 7.62. The molecule has 0 saturated carbocycles. The molecule has 5 nitrogen and oxygen atoms in total. The van der Waals surface area contributed by atoms with Crippen molar-refractivity contribution in [3.05, 3.63) is 0 Å². The Balaban J connectivity index is 3.43. The minimum Gasteiger partial charge on any atom is -0.385 e. The number of sulfone groups is 1. The normalized spacial score (nSPS) is 11.9. The average Bonchev–Trinajstić information content (AvgIpc) is 2.23. The standard InChI is InChI=1S/C10H23NO4S/c1-14-7-3-5-11-6-10-16(12,13)9-4-8-15-2/h11H,3-10H2,1-2H3. The van der Waals surface area contributed by atoms with Crippen LogP contribution in [0.3, 0.4) is 0 Å². The Bertz CT molecular complexity index is 241. The molecule has 0 unspecified atom stereocenters. The smallest absolute Gasteiger partial charge is 0.151 e. The van der Waals surface area contributed by atoms with Gasteiger partial charge in [-0.3, -0.25) is 0 Å². The highest BCUT2D eigenvalue weighted by molar-refractivity contribution is 7.91. The summed E-state index contributed by atoms with van der Waals surface area (Å²) in [5.41, 5.74) is 0. The van der Waals surface area contributed by atoms with E-state index in [9.17, 15) is 8.42 Å². The van der Waals surface area contributed by atoms with Crippen LogP contribution in [0, 0.1) is 0 Å². The number of hydrogen-bond donors (Lipinski definition) is 1. The van der Waals surface area contributed by atoms with Crippen molar-refractivity contribution in [2.24, 2.45) is 0 Å². The Morgan fingerprint density at radius 1 is 0.938 bits per heavy atom. The molecular weight excluding hydrogens is 230 g/mol. The molecule has 0 atom stereocenters. The van der Waals surface area contributed by atoms with E-state index in [1.165, 1.54) is 0 Å². The summed E-state index contributed by atoms with van der Waals surface area (Å²) in [6.07, 6.45) is 1.47. The molecule has 98 valence electrons. The molecule has 0 bridgehead atoms. The fraction of sp³-hybridized carbons (Fsp3) is 1.00. The SMILES string of the molecule is COCCCNCCS(=O)(=O)CCCOC. The summed E-state index contributed by atoms with van der Waals surface area (Å²) >= 11 is 0. The minimum atomic E-state index is -2.92. The lowest BCUT2D eigenvalue weighted by Crippen LogP contribution is -2.26. The summed E-state index contributed by atoms with van der Waals surface area (Å²) in [6, 6.07) is 0. The molecular formula is C10H23NO4S. The first-order valence-electron chi connectivity index (χ1n) is 5.51. The van der Waals surface area contributed by atoms with E-state index in [-0.39, 0.29) is 11.5 Å². The van der Waals surface area contributed by atoms with Gasteiger partial charge in [0.05, 0.1) is 11.5 Å². The van der Waals surface area contributed by atoms with Crippen molar-refractivity contribution < 1.29 is 17.9 Å². The molecule has 0 aromatic rings. The van der Waals surface area contributed by atoms with Gasteiger partial charge in [-0.1, -0.05) is 0 Å². The van der Waals surface area contributed by atoms with Gasteiger partial charge in [-0.05, 0) is 19.4 Å². The molecule has 0 saturated heterocycles. The fourth-order valence-corrected chi connectivity index (χ4v) is 2.44. The number of nitrogens with one attached hydrogen (secondary N) is 1. The second kappa shape index (κ2) is 10.0. The van der Waals surface area contributed by atoms with Crippen molar-refractivity contribution in [1.82, 2.24) is 5.32 Å². The Morgan fingerprint density at radius 3 is 2.19 bits per heavy atom. The summed E-state index contributed by atoms with van der Waals surface area (Å²) in [4.78, 5) is 0. The molecule has 6 heteroatoms. The summed E-state index contributed by atoms with van der Waals surface area (Å²) in [6.45, 7) is 2.51. The van der Waals surface area contributed by atoms with Crippen molar-refractivity contribution in [2.75, 3.05) is 52.0 Å². The summed E-state index contributed by atoms with van der Waals surface area (Å²) < 4.78 is 32.6. The van der Waals surface area contributed by atoms with E-state index in [0.29, 0.717) is 26.2 Å². The Labute approximate surface area is 98.4 Å². The Hall–Kier alpha value is -0.170. The molecule has 1 N–H and O–H groups in total. The highest BCUT2D eigenvalue weighted by atomic mass is 32.2. The summed E-state index contributed by atoms with van der Waals surface area (Å²) in [5, 5.41) is 3.08. The van der Waals surface area contributed by atoms with Crippen molar-refractivity contribution in [2.45, 2.75) is 12.8 Å². The third kappa shape index (κ3) is 10.4. The van der Waals surface area contributed by atoms with Gasteiger partial charge in [-0.2, -0.15) is 0 Å². The van der Waals surface area contributed by atoms with Crippen LogP contribution in [0.1, 0.15) is 12.8 Å². The molecule has 0 fully saturated rings. The van der Waals surface area contributed by atoms with Gasteiger partial charge < -0.3 is 14.8 Å².